The minimum absolute atomic E-state index is 0.109. The Morgan fingerprint density at radius 1 is 1.12 bits per heavy atom. The van der Waals surface area contributed by atoms with Crippen LogP contribution < -0.4 is 0 Å². The number of aliphatic hydroxyl groups is 2. The van der Waals surface area contributed by atoms with Crippen LogP contribution in [0.3, 0.4) is 0 Å². The molecule has 0 aromatic heterocycles. The fourth-order valence-electron chi connectivity index (χ4n) is 3.25. The predicted molar refractivity (Wildman–Crippen MR) is 71.0 cm³/mol. The Hall–Kier alpha value is -0.120. The SMILES string of the molecule is CCC(CC)N(CCO)CC1(CO)CCCC1. The second-order valence-corrected chi connectivity index (χ2v) is 5.53. The molecule has 0 atom stereocenters. The largest absolute Gasteiger partial charge is 0.396 e. The Balaban J connectivity index is 2.63. The lowest BCUT2D eigenvalue weighted by Gasteiger charge is -2.38. The third-order valence-electron chi connectivity index (χ3n) is 4.38. The Morgan fingerprint density at radius 3 is 2.12 bits per heavy atom. The van der Waals surface area contributed by atoms with Gasteiger partial charge in [-0.2, -0.15) is 0 Å². The monoisotopic (exact) mass is 243 g/mol. The van der Waals surface area contributed by atoms with Gasteiger partial charge in [0.25, 0.3) is 0 Å². The summed E-state index contributed by atoms with van der Waals surface area (Å²) in [5.41, 5.74) is 0.109. The molecule has 17 heavy (non-hydrogen) atoms. The van der Waals surface area contributed by atoms with Crippen molar-refractivity contribution in [3.8, 4) is 0 Å². The van der Waals surface area contributed by atoms with Crippen molar-refractivity contribution in [3.05, 3.63) is 0 Å². The third kappa shape index (κ3) is 3.94. The lowest BCUT2D eigenvalue weighted by molar-refractivity contribution is 0.0453. The van der Waals surface area contributed by atoms with E-state index >= 15 is 0 Å². The van der Waals surface area contributed by atoms with Gasteiger partial charge in [-0.3, -0.25) is 4.90 Å². The van der Waals surface area contributed by atoms with Crippen molar-refractivity contribution in [1.29, 1.82) is 0 Å². The first-order valence-corrected chi connectivity index (χ1v) is 7.17. The van der Waals surface area contributed by atoms with Gasteiger partial charge >= 0.3 is 0 Å². The van der Waals surface area contributed by atoms with Crippen LogP contribution in [0.5, 0.6) is 0 Å². The Labute approximate surface area is 106 Å². The van der Waals surface area contributed by atoms with Crippen LogP contribution in [0.2, 0.25) is 0 Å². The van der Waals surface area contributed by atoms with Crippen LogP contribution in [0, 0.1) is 5.41 Å². The van der Waals surface area contributed by atoms with Crippen LogP contribution in [0.1, 0.15) is 52.4 Å². The molecule has 1 fully saturated rings. The first kappa shape index (κ1) is 14.9. The van der Waals surface area contributed by atoms with E-state index in [4.69, 9.17) is 0 Å². The number of nitrogens with zero attached hydrogens (tertiary/aromatic N) is 1. The molecule has 0 aromatic carbocycles. The first-order chi connectivity index (χ1) is 8.21. The summed E-state index contributed by atoms with van der Waals surface area (Å²) in [6.07, 6.45) is 7.03. The van der Waals surface area contributed by atoms with Crippen molar-refractivity contribution in [2.75, 3.05) is 26.3 Å². The molecule has 0 radical (unpaired) electrons. The zero-order chi connectivity index (χ0) is 12.7. The van der Waals surface area contributed by atoms with E-state index in [-0.39, 0.29) is 12.0 Å². The van der Waals surface area contributed by atoms with E-state index < -0.39 is 0 Å². The van der Waals surface area contributed by atoms with Crippen molar-refractivity contribution in [3.63, 3.8) is 0 Å². The van der Waals surface area contributed by atoms with Gasteiger partial charge in [-0.15, -0.1) is 0 Å². The average molecular weight is 243 g/mol. The molecular weight excluding hydrogens is 214 g/mol. The van der Waals surface area contributed by atoms with Crippen molar-refractivity contribution in [1.82, 2.24) is 4.90 Å². The van der Waals surface area contributed by atoms with E-state index in [1.807, 2.05) is 0 Å². The molecule has 1 aliphatic rings. The van der Waals surface area contributed by atoms with Gasteiger partial charge in [-0.25, -0.2) is 0 Å². The molecule has 0 bridgehead atoms. The summed E-state index contributed by atoms with van der Waals surface area (Å²) in [5, 5.41) is 18.9. The topological polar surface area (TPSA) is 43.7 Å². The average Bonchev–Trinajstić information content (AvgIpc) is 2.80. The highest BCUT2D eigenvalue weighted by molar-refractivity contribution is 4.88. The summed E-state index contributed by atoms with van der Waals surface area (Å²) in [6.45, 7) is 6.63. The van der Waals surface area contributed by atoms with Gasteiger partial charge in [0.05, 0.1) is 6.61 Å². The molecule has 1 saturated carbocycles. The summed E-state index contributed by atoms with van der Waals surface area (Å²) in [4.78, 5) is 2.39. The zero-order valence-corrected chi connectivity index (χ0v) is 11.5. The van der Waals surface area contributed by atoms with Crippen molar-refractivity contribution in [2.45, 2.75) is 58.4 Å². The van der Waals surface area contributed by atoms with Crippen LogP contribution in [0.15, 0.2) is 0 Å². The summed E-state index contributed by atoms with van der Waals surface area (Å²) in [5.74, 6) is 0. The minimum Gasteiger partial charge on any atom is -0.396 e. The van der Waals surface area contributed by atoms with E-state index in [1.54, 1.807) is 0 Å². The summed E-state index contributed by atoms with van der Waals surface area (Å²) < 4.78 is 0. The molecule has 0 aliphatic heterocycles. The second-order valence-electron chi connectivity index (χ2n) is 5.53. The first-order valence-electron chi connectivity index (χ1n) is 7.17. The molecule has 1 rings (SSSR count). The van der Waals surface area contributed by atoms with Crippen LogP contribution >= 0.6 is 0 Å². The second kappa shape index (κ2) is 7.34. The van der Waals surface area contributed by atoms with Gasteiger partial charge in [-0.1, -0.05) is 26.7 Å². The molecule has 0 heterocycles. The van der Waals surface area contributed by atoms with Crippen LogP contribution in [0.25, 0.3) is 0 Å². The molecule has 0 spiro atoms. The fraction of sp³-hybridized carbons (Fsp3) is 1.00. The normalized spacial score (nSPS) is 19.4. The molecule has 0 unspecified atom stereocenters. The van der Waals surface area contributed by atoms with Crippen LogP contribution in [-0.2, 0) is 0 Å². The quantitative estimate of drug-likeness (QED) is 0.685. The zero-order valence-electron chi connectivity index (χ0n) is 11.5. The molecule has 3 heteroatoms. The van der Waals surface area contributed by atoms with Gasteiger partial charge in [0, 0.05) is 31.2 Å². The maximum atomic E-state index is 9.67. The minimum atomic E-state index is 0.109. The number of aliphatic hydroxyl groups excluding tert-OH is 2. The van der Waals surface area contributed by atoms with Crippen molar-refractivity contribution < 1.29 is 10.2 Å². The smallest absolute Gasteiger partial charge is 0.0558 e. The summed E-state index contributed by atoms with van der Waals surface area (Å²) >= 11 is 0. The molecule has 0 aromatic rings. The Kier molecular flexibility index (Phi) is 6.45. The molecule has 1 aliphatic carbocycles. The van der Waals surface area contributed by atoms with Crippen molar-refractivity contribution >= 4 is 0 Å². The van der Waals surface area contributed by atoms with Crippen molar-refractivity contribution in [2.24, 2.45) is 5.41 Å². The van der Waals surface area contributed by atoms with E-state index in [9.17, 15) is 10.2 Å². The van der Waals surface area contributed by atoms with Gasteiger partial charge in [-0.05, 0) is 25.7 Å². The highest BCUT2D eigenvalue weighted by Gasteiger charge is 2.35. The van der Waals surface area contributed by atoms with Crippen LogP contribution in [-0.4, -0.2) is 47.5 Å². The lowest BCUT2D eigenvalue weighted by atomic mass is 9.86. The molecule has 102 valence electrons. The highest BCUT2D eigenvalue weighted by atomic mass is 16.3. The Bertz CT molecular complexity index is 198. The van der Waals surface area contributed by atoms with E-state index in [0.717, 1.165) is 38.8 Å². The summed E-state index contributed by atoms with van der Waals surface area (Å²) in [6, 6.07) is 0.547. The van der Waals surface area contributed by atoms with Gasteiger partial charge in [0.2, 0.25) is 0 Å². The molecule has 0 amide bonds. The van der Waals surface area contributed by atoms with E-state index in [2.05, 4.69) is 18.7 Å². The number of hydrogen-bond acceptors (Lipinski definition) is 3. The standard InChI is InChI=1S/C14H29NO2/c1-3-13(4-2)15(9-10-16)11-14(12-17)7-5-6-8-14/h13,16-17H,3-12H2,1-2H3. The fourth-order valence-corrected chi connectivity index (χ4v) is 3.25. The van der Waals surface area contributed by atoms with E-state index in [0.29, 0.717) is 12.6 Å². The van der Waals surface area contributed by atoms with Gasteiger partial charge in [0.15, 0.2) is 0 Å². The number of rotatable bonds is 8. The van der Waals surface area contributed by atoms with Gasteiger partial charge in [0.1, 0.15) is 0 Å². The number of hydrogen-bond donors (Lipinski definition) is 2. The lowest BCUT2D eigenvalue weighted by Crippen LogP contribution is -2.45. The maximum absolute atomic E-state index is 9.67. The highest BCUT2D eigenvalue weighted by Crippen LogP contribution is 2.38. The van der Waals surface area contributed by atoms with Crippen LogP contribution in [0.4, 0.5) is 0 Å². The van der Waals surface area contributed by atoms with E-state index in [1.165, 1.54) is 12.8 Å². The Morgan fingerprint density at radius 2 is 1.71 bits per heavy atom. The van der Waals surface area contributed by atoms with Gasteiger partial charge < -0.3 is 10.2 Å². The summed E-state index contributed by atoms with van der Waals surface area (Å²) in [7, 11) is 0. The predicted octanol–water partition coefficient (Wildman–Crippen LogP) is 2.02. The third-order valence-corrected chi connectivity index (χ3v) is 4.38. The molecule has 3 nitrogen and oxygen atoms in total. The molecule has 0 saturated heterocycles. The maximum Gasteiger partial charge on any atom is 0.0558 e. The molecular formula is C14H29NO2. The molecule has 2 N–H and O–H groups in total.